The van der Waals surface area contributed by atoms with Crippen LogP contribution in [0.4, 0.5) is 0 Å². The second-order valence-corrected chi connectivity index (χ2v) is 11.6. The number of hydrogen-bond acceptors (Lipinski definition) is 3. The van der Waals surface area contributed by atoms with E-state index in [1.54, 1.807) is 12.1 Å². The average molecular weight is 570 g/mol. The van der Waals surface area contributed by atoms with Gasteiger partial charge in [-0.15, -0.1) is 0 Å². The Hall–Kier alpha value is -3.60. The molecular formula is C37H47NO4. The molecule has 0 saturated heterocycles. The lowest BCUT2D eigenvalue weighted by atomic mass is 9.89. The number of nitrogens with zero attached hydrogens (tertiary/aromatic N) is 1. The number of carboxylic acids is 1. The number of benzene rings is 3. The number of esters is 1. The molecule has 0 aliphatic heterocycles. The predicted molar refractivity (Wildman–Crippen MR) is 173 cm³/mol. The zero-order valence-electron chi connectivity index (χ0n) is 25.7. The van der Waals surface area contributed by atoms with Gasteiger partial charge in [-0.1, -0.05) is 114 Å². The SMILES string of the molecule is CCCCCCCCc1ccc(C(=O)O)c(C(=O)Oc2cccc3c4ccccc4n(C)c23)c1CCCCCCCC. The summed E-state index contributed by atoms with van der Waals surface area (Å²) in [5.41, 5.74) is 4.05. The van der Waals surface area contributed by atoms with E-state index < -0.39 is 11.9 Å². The molecule has 4 rings (SSSR count). The lowest BCUT2D eigenvalue weighted by Crippen LogP contribution is -2.19. The lowest BCUT2D eigenvalue weighted by Gasteiger charge is -2.17. The summed E-state index contributed by atoms with van der Waals surface area (Å²) >= 11 is 0. The van der Waals surface area contributed by atoms with Crippen LogP contribution < -0.4 is 4.74 Å². The Balaban J connectivity index is 1.67. The minimum Gasteiger partial charge on any atom is -0.478 e. The van der Waals surface area contributed by atoms with Gasteiger partial charge in [-0.05, 0) is 55.0 Å². The number of carbonyl (C=O) groups excluding carboxylic acids is 1. The zero-order valence-corrected chi connectivity index (χ0v) is 25.7. The van der Waals surface area contributed by atoms with Crippen molar-refractivity contribution >= 4 is 33.7 Å². The molecule has 1 N–H and O–H groups in total. The van der Waals surface area contributed by atoms with E-state index in [-0.39, 0.29) is 11.1 Å². The number of rotatable bonds is 17. The Morgan fingerprint density at radius 3 is 2.02 bits per heavy atom. The average Bonchev–Trinajstić information content (AvgIpc) is 3.29. The highest BCUT2D eigenvalue weighted by atomic mass is 16.5. The summed E-state index contributed by atoms with van der Waals surface area (Å²) in [5, 5.41) is 12.2. The molecule has 0 unspecified atom stereocenters. The maximum Gasteiger partial charge on any atom is 0.344 e. The van der Waals surface area contributed by atoms with Gasteiger partial charge < -0.3 is 14.4 Å². The Labute approximate surface area is 250 Å². The molecule has 5 nitrogen and oxygen atoms in total. The number of aromatic nitrogens is 1. The number of hydrogen-bond donors (Lipinski definition) is 1. The number of carboxylic acid groups (broad SMARTS) is 1. The summed E-state index contributed by atoms with van der Waals surface area (Å²) in [5.74, 6) is -1.24. The molecule has 4 aromatic rings. The van der Waals surface area contributed by atoms with Crippen LogP contribution in [0.5, 0.6) is 5.75 Å². The maximum absolute atomic E-state index is 14.0. The van der Waals surface area contributed by atoms with Gasteiger partial charge in [-0.2, -0.15) is 0 Å². The van der Waals surface area contributed by atoms with E-state index in [2.05, 4.69) is 19.9 Å². The third kappa shape index (κ3) is 7.42. The van der Waals surface area contributed by atoms with Gasteiger partial charge in [0.25, 0.3) is 0 Å². The molecule has 5 heteroatoms. The first-order valence-electron chi connectivity index (χ1n) is 16.0. The number of para-hydroxylation sites is 2. The van der Waals surface area contributed by atoms with Crippen LogP contribution in [0.15, 0.2) is 54.6 Å². The largest absolute Gasteiger partial charge is 0.478 e. The van der Waals surface area contributed by atoms with Gasteiger partial charge in [0.2, 0.25) is 0 Å². The smallest absolute Gasteiger partial charge is 0.344 e. The van der Waals surface area contributed by atoms with E-state index >= 15 is 0 Å². The third-order valence-corrected chi connectivity index (χ3v) is 8.52. The van der Waals surface area contributed by atoms with Crippen molar-refractivity contribution in [2.45, 2.75) is 104 Å². The first-order valence-corrected chi connectivity index (χ1v) is 16.0. The lowest BCUT2D eigenvalue weighted by molar-refractivity contribution is 0.0667. The molecule has 1 heterocycles. The van der Waals surface area contributed by atoms with Gasteiger partial charge in [-0.25, -0.2) is 9.59 Å². The number of fused-ring (bicyclic) bond motifs is 3. The van der Waals surface area contributed by atoms with E-state index in [0.29, 0.717) is 12.2 Å². The highest BCUT2D eigenvalue weighted by molar-refractivity contribution is 6.11. The maximum atomic E-state index is 14.0. The molecule has 0 radical (unpaired) electrons. The van der Waals surface area contributed by atoms with Crippen molar-refractivity contribution in [1.82, 2.24) is 4.57 Å². The molecule has 224 valence electrons. The fraction of sp³-hybridized carbons (Fsp3) is 0.459. The van der Waals surface area contributed by atoms with Gasteiger partial charge in [-0.3, -0.25) is 0 Å². The molecule has 0 fully saturated rings. The van der Waals surface area contributed by atoms with E-state index in [0.717, 1.165) is 71.5 Å². The third-order valence-electron chi connectivity index (χ3n) is 8.52. The molecule has 42 heavy (non-hydrogen) atoms. The monoisotopic (exact) mass is 569 g/mol. The summed E-state index contributed by atoms with van der Waals surface area (Å²) in [7, 11) is 1.97. The van der Waals surface area contributed by atoms with Crippen molar-refractivity contribution in [2.75, 3.05) is 0 Å². The molecule has 0 saturated carbocycles. The number of ether oxygens (including phenoxy) is 1. The van der Waals surface area contributed by atoms with Crippen molar-refractivity contribution < 1.29 is 19.4 Å². The van der Waals surface area contributed by atoms with Crippen molar-refractivity contribution in [1.29, 1.82) is 0 Å². The summed E-state index contributed by atoms with van der Waals surface area (Å²) in [6.45, 7) is 4.43. The van der Waals surface area contributed by atoms with Crippen molar-refractivity contribution in [3.05, 3.63) is 76.9 Å². The Kier molecular flexibility index (Phi) is 11.6. The van der Waals surface area contributed by atoms with Gasteiger partial charge in [0.15, 0.2) is 5.75 Å². The predicted octanol–water partition coefficient (Wildman–Crippen LogP) is 10.1. The van der Waals surface area contributed by atoms with Crippen LogP contribution in [-0.4, -0.2) is 21.6 Å². The van der Waals surface area contributed by atoms with Crippen molar-refractivity contribution in [3.8, 4) is 5.75 Å². The van der Waals surface area contributed by atoms with E-state index in [9.17, 15) is 14.7 Å². The number of carbonyl (C=O) groups is 2. The second-order valence-electron chi connectivity index (χ2n) is 11.6. The highest BCUT2D eigenvalue weighted by Gasteiger charge is 2.26. The molecular weight excluding hydrogens is 522 g/mol. The summed E-state index contributed by atoms with van der Waals surface area (Å²) < 4.78 is 8.16. The number of aryl methyl sites for hydroxylation is 2. The van der Waals surface area contributed by atoms with E-state index in [4.69, 9.17) is 4.74 Å². The van der Waals surface area contributed by atoms with Crippen LogP contribution in [0.2, 0.25) is 0 Å². The van der Waals surface area contributed by atoms with Crippen LogP contribution in [0, 0.1) is 0 Å². The van der Waals surface area contributed by atoms with Gasteiger partial charge in [0.05, 0.1) is 16.6 Å². The van der Waals surface area contributed by atoms with E-state index in [1.807, 2.05) is 48.0 Å². The standard InChI is InChI=1S/C37H47NO4/c1-4-6-8-10-12-14-19-27-25-26-31(36(39)40)34(28(27)20-15-13-11-9-7-5-2)37(41)42-33-24-18-22-30-29-21-16-17-23-32(29)38(3)35(30)33/h16-18,21-26H,4-15,19-20H2,1-3H3,(H,39,40). The first kappa shape index (κ1) is 31.3. The van der Waals surface area contributed by atoms with Crippen LogP contribution in [-0.2, 0) is 19.9 Å². The number of aromatic carboxylic acids is 1. The molecule has 0 spiro atoms. The van der Waals surface area contributed by atoms with E-state index in [1.165, 1.54) is 44.9 Å². The highest BCUT2D eigenvalue weighted by Crippen LogP contribution is 2.35. The van der Waals surface area contributed by atoms with Crippen molar-refractivity contribution in [2.24, 2.45) is 7.05 Å². The molecule has 1 aromatic heterocycles. The molecule has 0 aliphatic carbocycles. The van der Waals surface area contributed by atoms with Gasteiger partial charge >= 0.3 is 11.9 Å². The summed E-state index contributed by atoms with van der Waals surface area (Å²) in [4.78, 5) is 26.4. The fourth-order valence-electron chi connectivity index (χ4n) is 6.23. The molecule has 3 aromatic carbocycles. The Bertz CT molecular complexity index is 1500. The molecule has 0 bridgehead atoms. The molecule has 0 amide bonds. The van der Waals surface area contributed by atoms with Crippen LogP contribution in [0.1, 0.15) is 123 Å². The van der Waals surface area contributed by atoms with Crippen molar-refractivity contribution in [3.63, 3.8) is 0 Å². The van der Waals surface area contributed by atoms with Crippen LogP contribution in [0.25, 0.3) is 21.8 Å². The quantitative estimate of drug-likeness (QED) is 0.0780. The number of unbranched alkanes of at least 4 members (excludes halogenated alkanes) is 10. The van der Waals surface area contributed by atoms with Gasteiger partial charge in [0, 0.05) is 23.3 Å². The summed E-state index contributed by atoms with van der Waals surface area (Å²) in [6.07, 6.45) is 15.4. The fourth-order valence-corrected chi connectivity index (χ4v) is 6.23. The minimum atomic E-state index is -1.10. The normalized spacial score (nSPS) is 11.4. The topological polar surface area (TPSA) is 68.5 Å². The van der Waals surface area contributed by atoms with Gasteiger partial charge in [0.1, 0.15) is 0 Å². The summed E-state index contributed by atoms with van der Waals surface area (Å²) in [6, 6.07) is 17.4. The van der Waals surface area contributed by atoms with Crippen LogP contribution in [0.3, 0.4) is 0 Å². The van der Waals surface area contributed by atoms with Crippen LogP contribution >= 0.6 is 0 Å². The second kappa shape index (κ2) is 15.6. The Morgan fingerprint density at radius 2 is 1.33 bits per heavy atom. The molecule has 0 aliphatic rings. The minimum absolute atomic E-state index is 0.0249. The Morgan fingerprint density at radius 1 is 0.714 bits per heavy atom. The zero-order chi connectivity index (χ0) is 29.9. The molecule has 0 atom stereocenters. The first-order chi connectivity index (χ1) is 20.5.